The average molecular weight is 412 g/mol. The Morgan fingerprint density at radius 1 is 0.966 bits per heavy atom. The Kier molecular flexibility index (Phi) is 6.04. The number of anilines is 1. The van der Waals surface area contributed by atoms with Crippen LogP contribution in [0.15, 0.2) is 34.7 Å². The van der Waals surface area contributed by atoms with E-state index in [2.05, 4.69) is 39.9 Å². The molecule has 1 amide bonds. The summed E-state index contributed by atoms with van der Waals surface area (Å²) in [6.07, 6.45) is 0.654. The fourth-order valence-electron chi connectivity index (χ4n) is 3.55. The molecule has 29 heavy (non-hydrogen) atoms. The lowest BCUT2D eigenvalue weighted by atomic mass is 9.88. The summed E-state index contributed by atoms with van der Waals surface area (Å²) in [5.74, 6) is 1.26. The van der Waals surface area contributed by atoms with Gasteiger partial charge in [-0.1, -0.05) is 11.6 Å². The van der Waals surface area contributed by atoms with Gasteiger partial charge in [0.15, 0.2) is 5.76 Å². The average Bonchev–Trinajstić information content (AvgIpc) is 3.17. The minimum atomic E-state index is -0.317. The highest BCUT2D eigenvalue weighted by atomic mass is 35.5. The first kappa shape index (κ1) is 21.0. The van der Waals surface area contributed by atoms with Crippen molar-refractivity contribution < 1.29 is 13.9 Å². The third kappa shape index (κ3) is 4.18. The number of furan rings is 1. The number of carbonyl (C=O) groups is 1. The number of hydrogen-bond acceptors (Lipinski definition) is 3. The molecule has 3 aromatic rings. The number of amides is 1. The normalized spacial score (nSPS) is 10.9. The van der Waals surface area contributed by atoms with Crippen molar-refractivity contribution >= 4 is 23.2 Å². The zero-order chi connectivity index (χ0) is 21.3. The van der Waals surface area contributed by atoms with Gasteiger partial charge in [-0.2, -0.15) is 0 Å². The Balaban J connectivity index is 1.79. The second-order valence-electron chi connectivity index (χ2n) is 7.35. The molecule has 0 unspecified atom stereocenters. The molecule has 1 aromatic heterocycles. The minimum absolute atomic E-state index is 0.266. The predicted octanol–water partition coefficient (Wildman–Crippen LogP) is 6.33. The van der Waals surface area contributed by atoms with Crippen LogP contribution in [0.25, 0.3) is 0 Å². The summed E-state index contributed by atoms with van der Waals surface area (Å²) in [7, 11) is 1.55. The number of carbonyl (C=O) groups excluding carboxylic acids is 1. The van der Waals surface area contributed by atoms with Gasteiger partial charge in [-0.25, -0.2) is 0 Å². The van der Waals surface area contributed by atoms with E-state index >= 15 is 0 Å². The maximum atomic E-state index is 12.6. The van der Waals surface area contributed by atoms with E-state index in [4.69, 9.17) is 20.8 Å². The molecule has 1 heterocycles. The fraction of sp³-hybridized carbons (Fsp3) is 0.292. The van der Waals surface area contributed by atoms with Crippen molar-refractivity contribution in [2.45, 2.75) is 41.0 Å². The molecule has 0 bridgehead atoms. The number of benzene rings is 2. The van der Waals surface area contributed by atoms with E-state index < -0.39 is 0 Å². The maximum Gasteiger partial charge on any atom is 0.291 e. The summed E-state index contributed by atoms with van der Waals surface area (Å²) in [5.41, 5.74) is 8.35. The standard InChI is InChI=1S/C24H26ClNO3/c1-13-14(2)16(4)20(17(5)15(13)3)12-19-8-10-23(29-19)24(27)26-18-7-9-22(28-6)21(25)11-18/h7-11H,12H2,1-6H3,(H,26,27). The van der Waals surface area contributed by atoms with Crippen molar-refractivity contribution in [1.82, 2.24) is 0 Å². The first-order chi connectivity index (χ1) is 13.7. The first-order valence-electron chi connectivity index (χ1n) is 9.52. The van der Waals surface area contributed by atoms with Gasteiger partial charge in [-0.15, -0.1) is 0 Å². The van der Waals surface area contributed by atoms with Crippen molar-refractivity contribution in [3.63, 3.8) is 0 Å². The number of ether oxygens (including phenoxy) is 1. The number of methoxy groups -OCH3 is 1. The topological polar surface area (TPSA) is 51.5 Å². The van der Waals surface area contributed by atoms with Crippen LogP contribution in [-0.4, -0.2) is 13.0 Å². The van der Waals surface area contributed by atoms with Gasteiger partial charge >= 0.3 is 0 Å². The summed E-state index contributed by atoms with van der Waals surface area (Å²) in [4.78, 5) is 12.6. The number of nitrogens with one attached hydrogen (secondary N) is 1. The van der Waals surface area contributed by atoms with Gasteiger partial charge in [-0.05, 0) is 98.3 Å². The SMILES string of the molecule is COc1ccc(NC(=O)c2ccc(Cc3c(C)c(C)c(C)c(C)c3C)o2)cc1Cl. The van der Waals surface area contributed by atoms with Crippen LogP contribution < -0.4 is 10.1 Å². The van der Waals surface area contributed by atoms with E-state index in [-0.39, 0.29) is 11.7 Å². The Bertz CT molecular complexity index is 1050. The van der Waals surface area contributed by atoms with E-state index in [0.29, 0.717) is 22.9 Å². The molecule has 0 saturated carbocycles. The molecule has 1 N–H and O–H groups in total. The van der Waals surface area contributed by atoms with Crippen LogP contribution in [0.2, 0.25) is 5.02 Å². The van der Waals surface area contributed by atoms with Gasteiger partial charge in [-0.3, -0.25) is 4.79 Å². The third-order valence-corrected chi connectivity index (χ3v) is 6.10. The molecule has 0 radical (unpaired) electrons. The lowest BCUT2D eigenvalue weighted by Crippen LogP contribution is -2.10. The zero-order valence-electron chi connectivity index (χ0n) is 17.7. The van der Waals surface area contributed by atoms with Crippen LogP contribution in [0.4, 0.5) is 5.69 Å². The molecule has 152 valence electrons. The highest BCUT2D eigenvalue weighted by Gasteiger charge is 2.16. The minimum Gasteiger partial charge on any atom is -0.495 e. The van der Waals surface area contributed by atoms with Gasteiger partial charge < -0.3 is 14.5 Å². The van der Waals surface area contributed by atoms with Gasteiger partial charge in [0.05, 0.1) is 12.1 Å². The van der Waals surface area contributed by atoms with E-state index in [9.17, 15) is 4.79 Å². The molecule has 3 rings (SSSR count). The summed E-state index contributed by atoms with van der Waals surface area (Å²) in [6.45, 7) is 10.8. The fourth-order valence-corrected chi connectivity index (χ4v) is 3.81. The van der Waals surface area contributed by atoms with Gasteiger partial charge in [0.1, 0.15) is 11.5 Å². The molecule has 0 saturated heterocycles. The summed E-state index contributed by atoms with van der Waals surface area (Å²) in [6, 6.07) is 8.65. The lowest BCUT2D eigenvalue weighted by Gasteiger charge is -2.18. The summed E-state index contributed by atoms with van der Waals surface area (Å²) in [5, 5.41) is 3.24. The zero-order valence-corrected chi connectivity index (χ0v) is 18.5. The summed E-state index contributed by atoms with van der Waals surface area (Å²) >= 11 is 6.12. The second-order valence-corrected chi connectivity index (χ2v) is 7.76. The molecule has 0 fully saturated rings. The van der Waals surface area contributed by atoms with Crippen molar-refractivity contribution in [2.24, 2.45) is 0 Å². The van der Waals surface area contributed by atoms with Crippen molar-refractivity contribution in [3.8, 4) is 5.75 Å². The first-order valence-corrected chi connectivity index (χ1v) is 9.90. The largest absolute Gasteiger partial charge is 0.495 e. The van der Waals surface area contributed by atoms with E-state index in [0.717, 1.165) is 5.76 Å². The number of rotatable bonds is 5. The van der Waals surface area contributed by atoms with Crippen LogP contribution in [0.3, 0.4) is 0 Å². The van der Waals surface area contributed by atoms with Crippen molar-refractivity contribution in [1.29, 1.82) is 0 Å². The van der Waals surface area contributed by atoms with Gasteiger partial charge in [0, 0.05) is 12.1 Å². The van der Waals surface area contributed by atoms with E-state index in [1.54, 1.807) is 31.4 Å². The Labute approximate surface area is 176 Å². The van der Waals surface area contributed by atoms with Crippen LogP contribution in [0.1, 0.15) is 49.7 Å². The van der Waals surface area contributed by atoms with Crippen LogP contribution in [0, 0.1) is 34.6 Å². The molecular weight excluding hydrogens is 386 g/mol. The van der Waals surface area contributed by atoms with Crippen LogP contribution >= 0.6 is 11.6 Å². The molecule has 5 heteroatoms. The lowest BCUT2D eigenvalue weighted by molar-refractivity contribution is 0.0995. The molecule has 2 aromatic carbocycles. The highest BCUT2D eigenvalue weighted by molar-refractivity contribution is 6.32. The molecule has 0 spiro atoms. The van der Waals surface area contributed by atoms with Gasteiger partial charge in [0.2, 0.25) is 0 Å². The molecule has 0 aliphatic carbocycles. The molecular formula is C24H26ClNO3. The van der Waals surface area contributed by atoms with Crippen molar-refractivity contribution in [2.75, 3.05) is 12.4 Å². The van der Waals surface area contributed by atoms with Gasteiger partial charge in [0.25, 0.3) is 5.91 Å². The number of hydrogen-bond donors (Lipinski definition) is 1. The number of halogens is 1. The molecule has 0 atom stereocenters. The molecule has 0 aliphatic heterocycles. The summed E-state index contributed by atoms with van der Waals surface area (Å²) < 4.78 is 11.0. The Morgan fingerprint density at radius 3 is 2.17 bits per heavy atom. The highest BCUT2D eigenvalue weighted by Crippen LogP contribution is 2.29. The van der Waals surface area contributed by atoms with E-state index in [1.807, 2.05) is 6.07 Å². The quantitative estimate of drug-likeness (QED) is 0.533. The second kappa shape index (κ2) is 8.34. The molecule has 4 nitrogen and oxygen atoms in total. The third-order valence-electron chi connectivity index (χ3n) is 5.80. The Hall–Kier alpha value is -2.72. The van der Waals surface area contributed by atoms with E-state index in [1.165, 1.54) is 33.4 Å². The van der Waals surface area contributed by atoms with Crippen LogP contribution in [-0.2, 0) is 6.42 Å². The van der Waals surface area contributed by atoms with Crippen LogP contribution in [0.5, 0.6) is 5.75 Å². The molecule has 0 aliphatic rings. The Morgan fingerprint density at radius 2 is 1.59 bits per heavy atom. The smallest absolute Gasteiger partial charge is 0.291 e. The maximum absolute atomic E-state index is 12.6. The van der Waals surface area contributed by atoms with Crippen molar-refractivity contribution in [3.05, 3.63) is 80.3 Å². The monoisotopic (exact) mass is 411 g/mol. The predicted molar refractivity (Wildman–Crippen MR) is 118 cm³/mol.